The maximum atomic E-state index is 12.0. The van der Waals surface area contributed by atoms with Gasteiger partial charge in [0.05, 0.1) is 15.5 Å². The van der Waals surface area contributed by atoms with E-state index in [9.17, 15) is 32.1 Å². The summed E-state index contributed by atoms with van der Waals surface area (Å²) < 4.78 is 47.9. The number of hydrogen-bond donors (Lipinski definition) is 1. The van der Waals surface area contributed by atoms with E-state index in [0.717, 1.165) is 24.5 Å². The highest BCUT2D eigenvalue weighted by Gasteiger charge is 2.20. The van der Waals surface area contributed by atoms with E-state index in [4.69, 9.17) is 10.7 Å². The van der Waals surface area contributed by atoms with Crippen molar-refractivity contribution in [2.24, 2.45) is 10.2 Å². The van der Waals surface area contributed by atoms with Crippen molar-refractivity contribution >= 4 is 57.4 Å². The van der Waals surface area contributed by atoms with Crippen LogP contribution in [0, 0.1) is 10.1 Å². The number of aromatic hydroxyl groups is 1. The molecule has 3 aromatic carbocycles. The number of hydrogen-bond acceptors (Lipinski definition) is 9. The van der Waals surface area contributed by atoms with Crippen LogP contribution in [0.3, 0.4) is 0 Å². The number of sulfone groups is 1. The van der Waals surface area contributed by atoms with Gasteiger partial charge in [-0.05, 0) is 24.3 Å². The van der Waals surface area contributed by atoms with E-state index in [0.29, 0.717) is 0 Å². The molecule has 30 heavy (non-hydrogen) atoms. The summed E-state index contributed by atoms with van der Waals surface area (Å²) in [5.41, 5.74) is -0.643. The van der Waals surface area contributed by atoms with Crippen LogP contribution < -0.4 is 0 Å². The Bertz CT molecular complexity index is 1440. The average molecular weight is 470 g/mol. The summed E-state index contributed by atoms with van der Waals surface area (Å²) in [7, 11) is -2.61. The van der Waals surface area contributed by atoms with Crippen molar-refractivity contribution in [2.75, 3.05) is 6.26 Å². The summed E-state index contributed by atoms with van der Waals surface area (Å²) in [6, 6.07) is 9.61. The van der Waals surface area contributed by atoms with Gasteiger partial charge in [-0.3, -0.25) is 10.1 Å². The van der Waals surface area contributed by atoms with Crippen LogP contribution in [0.4, 0.5) is 17.1 Å². The molecule has 0 aromatic heterocycles. The molecule has 156 valence electrons. The van der Waals surface area contributed by atoms with Gasteiger partial charge in [0.15, 0.2) is 9.84 Å². The molecule has 10 nitrogen and oxygen atoms in total. The fourth-order valence-electron chi connectivity index (χ4n) is 2.73. The zero-order chi connectivity index (χ0) is 22.3. The molecule has 13 heteroatoms. The normalized spacial score (nSPS) is 12.5. The van der Waals surface area contributed by atoms with Crippen LogP contribution in [0.25, 0.3) is 10.8 Å². The molecule has 0 aliphatic rings. The van der Waals surface area contributed by atoms with E-state index in [1.54, 1.807) is 0 Å². The zero-order valence-electron chi connectivity index (χ0n) is 15.1. The van der Waals surface area contributed by atoms with Gasteiger partial charge >= 0.3 is 0 Å². The predicted molar refractivity (Wildman–Crippen MR) is 109 cm³/mol. The Kier molecular flexibility index (Phi) is 5.50. The molecule has 1 N–H and O–H groups in total. The van der Waals surface area contributed by atoms with E-state index in [1.165, 1.54) is 30.3 Å². The van der Waals surface area contributed by atoms with Crippen LogP contribution in [-0.2, 0) is 18.9 Å². The second-order valence-electron chi connectivity index (χ2n) is 6.10. The number of benzene rings is 3. The largest absolute Gasteiger partial charge is 0.507 e. The number of nitro benzene ring substituents is 1. The lowest BCUT2D eigenvalue weighted by atomic mass is 10.1. The fourth-order valence-corrected chi connectivity index (χ4v) is 4.64. The van der Waals surface area contributed by atoms with Gasteiger partial charge in [0, 0.05) is 39.8 Å². The molecule has 0 aliphatic carbocycles. The second-order valence-corrected chi connectivity index (χ2v) is 10.6. The summed E-state index contributed by atoms with van der Waals surface area (Å²) in [5, 5.41) is 28.9. The summed E-state index contributed by atoms with van der Waals surface area (Å²) in [4.78, 5) is 9.45. The minimum absolute atomic E-state index is 0.0135. The first kappa shape index (κ1) is 21.6. The third-order valence-electron chi connectivity index (χ3n) is 4.04. The number of nitrogens with zero attached hydrogens (tertiary/aromatic N) is 3. The maximum Gasteiger partial charge on any atom is 0.270 e. The third kappa shape index (κ3) is 4.25. The first-order valence-corrected chi connectivity index (χ1v) is 12.2. The lowest BCUT2D eigenvalue weighted by molar-refractivity contribution is -0.385. The van der Waals surface area contributed by atoms with Crippen molar-refractivity contribution in [2.45, 2.75) is 9.79 Å². The molecular formula is C17H12ClN3O7S2. The molecule has 3 rings (SSSR count). The van der Waals surface area contributed by atoms with Crippen LogP contribution in [-0.4, -0.2) is 33.1 Å². The Hall–Kier alpha value is -3.09. The topological polar surface area (TPSA) is 156 Å². The van der Waals surface area contributed by atoms with Gasteiger partial charge < -0.3 is 5.11 Å². The third-order valence-corrected chi connectivity index (χ3v) is 6.53. The van der Waals surface area contributed by atoms with Gasteiger partial charge in [0.1, 0.15) is 16.3 Å². The number of nitro groups is 1. The zero-order valence-corrected chi connectivity index (χ0v) is 17.4. The van der Waals surface area contributed by atoms with E-state index < -0.39 is 34.4 Å². The highest BCUT2D eigenvalue weighted by atomic mass is 35.7. The number of rotatable bonds is 5. The van der Waals surface area contributed by atoms with Crippen LogP contribution in [0.2, 0.25) is 0 Å². The number of azo groups is 1. The molecule has 0 unspecified atom stereocenters. The van der Waals surface area contributed by atoms with Crippen LogP contribution in [0.15, 0.2) is 68.6 Å². The van der Waals surface area contributed by atoms with Crippen molar-refractivity contribution in [1.29, 1.82) is 0 Å². The van der Waals surface area contributed by atoms with Crippen LogP contribution in [0.5, 0.6) is 5.75 Å². The number of phenols is 1. The average Bonchev–Trinajstić information content (AvgIpc) is 2.65. The molecule has 0 spiro atoms. The number of non-ortho nitro benzene ring substituents is 1. The van der Waals surface area contributed by atoms with Gasteiger partial charge in [-0.2, -0.15) is 0 Å². The Morgan fingerprint density at radius 2 is 1.60 bits per heavy atom. The van der Waals surface area contributed by atoms with E-state index in [-0.39, 0.29) is 32.8 Å². The van der Waals surface area contributed by atoms with Crippen molar-refractivity contribution in [1.82, 2.24) is 0 Å². The van der Waals surface area contributed by atoms with E-state index >= 15 is 0 Å². The highest BCUT2D eigenvalue weighted by Crippen LogP contribution is 2.39. The number of fused-ring (bicyclic) bond motifs is 1. The highest BCUT2D eigenvalue weighted by molar-refractivity contribution is 8.14. The Balaban J connectivity index is 2.26. The molecule has 0 heterocycles. The molecule has 0 aliphatic heterocycles. The fraction of sp³-hybridized carbons (Fsp3) is 0.0588. The maximum absolute atomic E-state index is 12.0. The lowest BCUT2D eigenvalue weighted by Gasteiger charge is -2.08. The summed E-state index contributed by atoms with van der Waals surface area (Å²) >= 11 is 0. The van der Waals surface area contributed by atoms with Gasteiger partial charge in [-0.1, -0.05) is 12.1 Å². The summed E-state index contributed by atoms with van der Waals surface area (Å²) in [5.74, 6) is -0.224. The quantitative estimate of drug-likeness (QED) is 0.254. The Morgan fingerprint density at radius 3 is 2.20 bits per heavy atom. The SMILES string of the molecule is CS(=O)(=O)c1cc([N+](=O)[O-])ccc1N=Nc1ccc(O)c2cccc(S(=O)(=O)Cl)c12. The van der Waals surface area contributed by atoms with Gasteiger partial charge in [-0.15, -0.1) is 10.2 Å². The summed E-state index contributed by atoms with van der Waals surface area (Å²) in [6.07, 6.45) is 0.860. The number of halogens is 1. The second kappa shape index (κ2) is 7.63. The lowest BCUT2D eigenvalue weighted by Crippen LogP contribution is -1.99. The minimum Gasteiger partial charge on any atom is -0.507 e. The molecule has 0 radical (unpaired) electrons. The Morgan fingerprint density at radius 1 is 0.967 bits per heavy atom. The van der Waals surface area contributed by atoms with Gasteiger partial charge in [0.25, 0.3) is 14.7 Å². The van der Waals surface area contributed by atoms with Gasteiger partial charge in [0.2, 0.25) is 0 Å². The minimum atomic E-state index is -4.21. The van der Waals surface area contributed by atoms with Crippen molar-refractivity contribution in [3.8, 4) is 5.75 Å². The van der Waals surface area contributed by atoms with Crippen molar-refractivity contribution in [3.63, 3.8) is 0 Å². The molecular weight excluding hydrogens is 458 g/mol. The van der Waals surface area contributed by atoms with E-state index in [2.05, 4.69) is 10.2 Å². The smallest absolute Gasteiger partial charge is 0.270 e. The standard InChI is InChI=1S/C17H12ClN3O7S2/c1-29(25,26)16-9-10(21(23)24)5-6-12(16)19-20-13-7-8-14(22)11-3-2-4-15(17(11)13)30(18,27)28/h2-9,22H,1H3. The molecule has 0 bridgehead atoms. The van der Waals surface area contributed by atoms with E-state index in [1.807, 2.05) is 0 Å². The molecule has 0 atom stereocenters. The first-order chi connectivity index (χ1) is 13.9. The van der Waals surface area contributed by atoms with Gasteiger partial charge in [-0.25, -0.2) is 16.8 Å². The van der Waals surface area contributed by atoms with Crippen molar-refractivity contribution < 1.29 is 26.9 Å². The molecule has 0 saturated heterocycles. The van der Waals surface area contributed by atoms with Crippen LogP contribution >= 0.6 is 10.7 Å². The molecule has 0 fully saturated rings. The predicted octanol–water partition coefficient (Wildman–Crippen LogP) is 4.20. The molecule has 3 aromatic rings. The molecule has 0 saturated carbocycles. The summed E-state index contributed by atoms with van der Waals surface area (Å²) in [6.45, 7) is 0. The van der Waals surface area contributed by atoms with Crippen molar-refractivity contribution in [3.05, 3.63) is 58.6 Å². The monoisotopic (exact) mass is 469 g/mol. The van der Waals surface area contributed by atoms with Crippen LogP contribution in [0.1, 0.15) is 0 Å². The molecule has 0 amide bonds. The number of phenolic OH excluding ortho intramolecular Hbond substituents is 1. The Labute approximate surface area is 174 Å². The first-order valence-electron chi connectivity index (χ1n) is 7.99.